The second-order valence-electron chi connectivity index (χ2n) is 4.31. The molecule has 3 nitrogen and oxygen atoms in total. The van der Waals surface area contributed by atoms with Crippen molar-refractivity contribution < 1.29 is 0 Å². The summed E-state index contributed by atoms with van der Waals surface area (Å²) >= 11 is 3.40. The number of nitrogen functional groups attached to an aromatic ring is 1. The Morgan fingerprint density at radius 1 is 1.29 bits per heavy atom. The van der Waals surface area contributed by atoms with Crippen LogP contribution in [0.3, 0.4) is 0 Å². The summed E-state index contributed by atoms with van der Waals surface area (Å²) in [5, 5.41) is 4.52. The number of hydrogen-bond acceptors (Lipinski definition) is 2. The zero-order valence-electron chi connectivity index (χ0n) is 10.3. The van der Waals surface area contributed by atoms with Gasteiger partial charge >= 0.3 is 0 Å². The highest BCUT2D eigenvalue weighted by Crippen LogP contribution is 2.21. The van der Waals surface area contributed by atoms with Gasteiger partial charge in [-0.1, -0.05) is 6.07 Å². The van der Waals surface area contributed by atoms with Crippen molar-refractivity contribution in [3.8, 4) is 0 Å². The SMILES string of the molecule is Cc1nn(Cc2ccc(Br)c(N)c2)c(C)c1C. The van der Waals surface area contributed by atoms with Crippen molar-refractivity contribution in [1.29, 1.82) is 0 Å². The van der Waals surface area contributed by atoms with E-state index in [4.69, 9.17) is 5.73 Å². The third-order valence-electron chi connectivity index (χ3n) is 3.14. The van der Waals surface area contributed by atoms with Gasteiger partial charge in [0.2, 0.25) is 0 Å². The van der Waals surface area contributed by atoms with Crippen molar-refractivity contribution in [3.05, 3.63) is 45.2 Å². The van der Waals surface area contributed by atoms with Crippen LogP contribution in [0.15, 0.2) is 22.7 Å². The average Bonchev–Trinajstić information content (AvgIpc) is 2.52. The zero-order valence-corrected chi connectivity index (χ0v) is 11.9. The third kappa shape index (κ3) is 2.36. The van der Waals surface area contributed by atoms with Gasteiger partial charge < -0.3 is 5.73 Å². The maximum absolute atomic E-state index is 5.87. The van der Waals surface area contributed by atoms with Crippen molar-refractivity contribution in [3.63, 3.8) is 0 Å². The van der Waals surface area contributed by atoms with Crippen molar-refractivity contribution in [1.82, 2.24) is 9.78 Å². The van der Waals surface area contributed by atoms with E-state index in [1.807, 2.05) is 23.7 Å². The topological polar surface area (TPSA) is 43.8 Å². The van der Waals surface area contributed by atoms with Crippen molar-refractivity contribution in [2.75, 3.05) is 5.73 Å². The lowest BCUT2D eigenvalue weighted by Crippen LogP contribution is -2.04. The minimum absolute atomic E-state index is 0.762. The molecule has 90 valence electrons. The molecule has 0 aliphatic rings. The van der Waals surface area contributed by atoms with Gasteiger partial charge in [0.15, 0.2) is 0 Å². The van der Waals surface area contributed by atoms with Gasteiger partial charge in [0.1, 0.15) is 0 Å². The van der Waals surface area contributed by atoms with Gasteiger partial charge in [-0.3, -0.25) is 4.68 Å². The molecule has 0 saturated carbocycles. The molecule has 17 heavy (non-hydrogen) atoms. The lowest BCUT2D eigenvalue weighted by Gasteiger charge is -2.07. The molecule has 0 unspecified atom stereocenters. The van der Waals surface area contributed by atoms with Crippen LogP contribution in [0.5, 0.6) is 0 Å². The fourth-order valence-electron chi connectivity index (χ4n) is 1.80. The molecule has 0 radical (unpaired) electrons. The monoisotopic (exact) mass is 293 g/mol. The molecule has 1 aromatic heterocycles. The number of aromatic nitrogens is 2. The van der Waals surface area contributed by atoms with Crippen LogP contribution in [-0.4, -0.2) is 9.78 Å². The fraction of sp³-hybridized carbons (Fsp3) is 0.308. The molecule has 0 fully saturated rings. The minimum Gasteiger partial charge on any atom is -0.398 e. The predicted molar refractivity (Wildman–Crippen MR) is 74.1 cm³/mol. The third-order valence-corrected chi connectivity index (χ3v) is 3.86. The van der Waals surface area contributed by atoms with E-state index in [1.54, 1.807) is 0 Å². The van der Waals surface area contributed by atoms with Crippen LogP contribution in [-0.2, 0) is 6.54 Å². The van der Waals surface area contributed by atoms with Crippen molar-refractivity contribution >= 4 is 21.6 Å². The predicted octanol–water partition coefficient (Wildman–Crippen LogP) is 3.20. The molecule has 4 heteroatoms. The summed E-state index contributed by atoms with van der Waals surface area (Å²) in [5.41, 5.74) is 11.4. The number of rotatable bonds is 2. The van der Waals surface area contributed by atoms with Gasteiger partial charge in [0.05, 0.1) is 12.2 Å². The summed E-state index contributed by atoms with van der Waals surface area (Å²) in [7, 11) is 0. The maximum atomic E-state index is 5.87. The lowest BCUT2D eigenvalue weighted by atomic mass is 10.2. The molecule has 0 aliphatic heterocycles. The zero-order chi connectivity index (χ0) is 12.6. The molecule has 0 spiro atoms. The normalized spacial score (nSPS) is 10.8. The molecule has 0 aliphatic carbocycles. The van der Waals surface area contributed by atoms with Gasteiger partial charge in [-0.05, 0) is 60.0 Å². The summed E-state index contributed by atoms with van der Waals surface area (Å²) in [4.78, 5) is 0. The van der Waals surface area contributed by atoms with Crippen molar-refractivity contribution in [2.45, 2.75) is 27.3 Å². The van der Waals surface area contributed by atoms with E-state index in [2.05, 4.69) is 40.9 Å². The van der Waals surface area contributed by atoms with E-state index in [0.717, 1.165) is 28.0 Å². The maximum Gasteiger partial charge on any atom is 0.0663 e. The van der Waals surface area contributed by atoms with E-state index < -0.39 is 0 Å². The van der Waals surface area contributed by atoms with Crippen LogP contribution in [0.2, 0.25) is 0 Å². The highest BCUT2D eigenvalue weighted by atomic mass is 79.9. The molecular weight excluding hydrogens is 278 g/mol. The van der Waals surface area contributed by atoms with Crippen LogP contribution < -0.4 is 5.73 Å². The standard InChI is InChI=1S/C13H16BrN3/c1-8-9(2)16-17(10(8)3)7-11-4-5-12(14)13(15)6-11/h4-6H,7,15H2,1-3H3. The molecule has 1 aromatic carbocycles. The first-order valence-electron chi connectivity index (χ1n) is 5.53. The second kappa shape index (κ2) is 4.53. The van der Waals surface area contributed by atoms with E-state index in [-0.39, 0.29) is 0 Å². The summed E-state index contributed by atoms with van der Waals surface area (Å²) in [6.07, 6.45) is 0. The highest BCUT2D eigenvalue weighted by Gasteiger charge is 2.07. The number of halogens is 1. The molecule has 1 heterocycles. The van der Waals surface area contributed by atoms with E-state index in [9.17, 15) is 0 Å². The Balaban J connectivity index is 2.31. The Labute approximate surface area is 110 Å². The van der Waals surface area contributed by atoms with Gasteiger partial charge in [0, 0.05) is 15.9 Å². The molecule has 0 saturated heterocycles. The summed E-state index contributed by atoms with van der Waals surface area (Å²) < 4.78 is 2.96. The number of aryl methyl sites for hydroxylation is 1. The van der Waals surface area contributed by atoms with E-state index in [1.165, 1.54) is 11.3 Å². The van der Waals surface area contributed by atoms with E-state index >= 15 is 0 Å². The van der Waals surface area contributed by atoms with Gasteiger partial charge in [0.25, 0.3) is 0 Å². The molecular formula is C13H16BrN3. The van der Waals surface area contributed by atoms with Crippen LogP contribution in [0.25, 0.3) is 0 Å². The second-order valence-corrected chi connectivity index (χ2v) is 5.16. The quantitative estimate of drug-likeness (QED) is 0.864. The Bertz CT molecular complexity index is 558. The molecule has 0 atom stereocenters. The Kier molecular flexibility index (Phi) is 3.24. The molecule has 2 rings (SSSR count). The summed E-state index contributed by atoms with van der Waals surface area (Å²) in [6.45, 7) is 6.99. The molecule has 0 amide bonds. The Morgan fingerprint density at radius 2 is 2.00 bits per heavy atom. The largest absolute Gasteiger partial charge is 0.398 e. The Morgan fingerprint density at radius 3 is 2.53 bits per heavy atom. The molecule has 2 aromatic rings. The van der Waals surface area contributed by atoms with Crippen molar-refractivity contribution in [2.24, 2.45) is 0 Å². The first-order chi connectivity index (χ1) is 7.99. The van der Waals surface area contributed by atoms with Crippen LogP contribution in [0.1, 0.15) is 22.5 Å². The van der Waals surface area contributed by atoms with Gasteiger partial charge in [-0.15, -0.1) is 0 Å². The van der Waals surface area contributed by atoms with Crippen LogP contribution in [0.4, 0.5) is 5.69 Å². The first-order valence-corrected chi connectivity index (χ1v) is 6.33. The summed E-state index contributed by atoms with van der Waals surface area (Å²) in [5.74, 6) is 0. The van der Waals surface area contributed by atoms with Crippen LogP contribution in [0, 0.1) is 20.8 Å². The lowest BCUT2D eigenvalue weighted by molar-refractivity contribution is 0.658. The Hall–Kier alpha value is -1.29. The fourth-order valence-corrected chi connectivity index (χ4v) is 2.05. The number of nitrogens with two attached hydrogens (primary N) is 1. The number of benzene rings is 1. The highest BCUT2D eigenvalue weighted by molar-refractivity contribution is 9.10. The number of hydrogen-bond donors (Lipinski definition) is 1. The smallest absolute Gasteiger partial charge is 0.0663 e. The van der Waals surface area contributed by atoms with Gasteiger partial charge in [-0.2, -0.15) is 5.10 Å². The van der Waals surface area contributed by atoms with E-state index in [0.29, 0.717) is 0 Å². The van der Waals surface area contributed by atoms with Gasteiger partial charge in [-0.25, -0.2) is 0 Å². The molecule has 0 bridgehead atoms. The van der Waals surface area contributed by atoms with Crippen LogP contribution >= 0.6 is 15.9 Å². The average molecular weight is 294 g/mol. The minimum atomic E-state index is 0.762. The number of anilines is 1. The first kappa shape index (κ1) is 12.2. The summed E-state index contributed by atoms with van der Waals surface area (Å²) in [6, 6.07) is 6.02. The molecule has 2 N–H and O–H groups in total. The number of nitrogens with zero attached hydrogens (tertiary/aromatic N) is 2.